The number of nitrogens with one attached hydrogen (secondary N) is 3. The van der Waals surface area contributed by atoms with Gasteiger partial charge in [-0.15, -0.1) is 21.3 Å². The van der Waals surface area contributed by atoms with Crippen molar-refractivity contribution >= 4 is 70.4 Å². The summed E-state index contributed by atoms with van der Waals surface area (Å²) in [5.41, 5.74) is 2.47. The van der Waals surface area contributed by atoms with Gasteiger partial charge in [0, 0.05) is 31.9 Å². The number of hydrogen-bond donors (Lipinski definition) is 3. The highest BCUT2D eigenvalue weighted by Crippen LogP contribution is 2.32. The quantitative estimate of drug-likeness (QED) is 0.151. The van der Waals surface area contributed by atoms with Crippen LogP contribution in [0.25, 0.3) is 11.1 Å². The maximum atomic E-state index is 13.5. The molecule has 0 bridgehead atoms. The molecular formula is C44H61N7O9S. The lowest BCUT2D eigenvalue weighted by molar-refractivity contribution is 0.0536. The molecular weight excluding hydrogens is 803 g/mol. The van der Waals surface area contributed by atoms with Crippen molar-refractivity contribution in [3.8, 4) is 0 Å². The van der Waals surface area contributed by atoms with Gasteiger partial charge in [-0.2, -0.15) is 0 Å². The number of ether oxygens (including phenoxy) is 4. The molecule has 0 radical (unpaired) electrons. The molecule has 1 aromatic carbocycles. The first kappa shape index (κ1) is 48.0. The van der Waals surface area contributed by atoms with E-state index in [-0.39, 0.29) is 17.8 Å². The summed E-state index contributed by atoms with van der Waals surface area (Å²) >= 11 is 1.36. The molecule has 332 valence electrons. The number of anilines is 1. The number of rotatable bonds is 4. The summed E-state index contributed by atoms with van der Waals surface area (Å²) in [4.78, 5) is 76.3. The molecule has 0 saturated carbocycles. The molecule has 3 N–H and O–H groups in total. The van der Waals surface area contributed by atoms with Crippen LogP contribution in [-0.4, -0.2) is 101 Å². The first-order chi connectivity index (χ1) is 28.1. The van der Waals surface area contributed by atoms with E-state index in [1.54, 1.807) is 92.9 Å². The average molecular weight is 864 g/mol. The van der Waals surface area contributed by atoms with Crippen LogP contribution >= 0.6 is 11.3 Å². The molecule has 2 aliphatic heterocycles. The fraction of sp³-hybridized carbons (Fsp3) is 0.523. The fourth-order valence-corrected chi connectivity index (χ4v) is 7.04. The summed E-state index contributed by atoms with van der Waals surface area (Å²) in [6, 6.07) is 7.58. The maximum absolute atomic E-state index is 13.5. The van der Waals surface area contributed by atoms with Crippen LogP contribution in [-0.2, 0) is 18.9 Å². The molecule has 2 aliphatic rings. The minimum atomic E-state index is -0.835. The highest BCUT2D eigenvalue weighted by molar-refractivity contribution is 7.12. The van der Waals surface area contributed by atoms with E-state index in [2.05, 4.69) is 25.9 Å². The normalized spacial score (nSPS) is 15.6. The zero-order valence-corrected chi connectivity index (χ0v) is 38.5. The summed E-state index contributed by atoms with van der Waals surface area (Å²) in [6.07, 6.45) is 2.01. The zero-order chi connectivity index (χ0) is 45.5. The van der Waals surface area contributed by atoms with Crippen LogP contribution in [0.5, 0.6) is 0 Å². The molecule has 0 atom stereocenters. The lowest BCUT2D eigenvalue weighted by Crippen LogP contribution is -2.48. The third-order valence-corrected chi connectivity index (χ3v) is 9.61. The van der Waals surface area contributed by atoms with Crippen molar-refractivity contribution in [1.29, 1.82) is 0 Å². The average Bonchev–Trinajstić information content (AvgIpc) is 3.49. The van der Waals surface area contributed by atoms with Crippen molar-refractivity contribution in [2.24, 2.45) is 9.98 Å². The molecule has 3 heterocycles. The number of aliphatic imine (C=N–C) groups is 2. The van der Waals surface area contributed by atoms with E-state index in [4.69, 9.17) is 18.9 Å². The van der Waals surface area contributed by atoms with Gasteiger partial charge in [0.05, 0.1) is 4.88 Å². The monoisotopic (exact) mass is 863 g/mol. The largest absolute Gasteiger partial charge is 0.444 e. The molecule has 0 aliphatic carbocycles. The van der Waals surface area contributed by atoms with Crippen molar-refractivity contribution < 1.29 is 42.9 Å². The summed E-state index contributed by atoms with van der Waals surface area (Å²) in [5.74, 6) is -0.160. The van der Waals surface area contributed by atoms with Crippen molar-refractivity contribution in [1.82, 2.24) is 20.4 Å². The molecule has 1 aromatic heterocycles. The molecule has 4 rings (SSSR count). The fourth-order valence-electron chi connectivity index (χ4n) is 6.03. The number of amides is 5. The predicted octanol–water partition coefficient (Wildman–Crippen LogP) is 9.12. The van der Waals surface area contributed by atoms with E-state index in [0.717, 1.165) is 27.8 Å². The highest BCUT2D eigenvalue weighted by Gasteiger charge is 2.28. The minimum absolute atomic E-state index is 0.0279. The van der Waals surface area contributed by atoms with Crippen molar-refractivity contribution in [2.45, 2.75) is 125 Å². The van der Waals surface area contributed by atoms with Crippen LogP contribution < -0.4 is 16.0 Å². The van der Waals surface area contributed by atoms with Gasteiger partial charge in [0.1, 0.15) is 22.4 Å². The zero-order valence-electron chi connectivity index (χ0n) is 37.7. The first-order valence-corrected chi connectivity index (χ1v) is 21.0. The Balaban J connectivity index is 1.41. The smallest absolute Gasteiger partial charge is 0.437 e. The van der Waals surface area contributed by atoms with E-state index in [1.807, 2.05) is 48.7 Å². The molecule has 16 nitrogen and oxygen atoms in total. The molecule has 0 saturated heterocycles. The number of nitrogens with zero attached hydrogens (tertiary/aromatic N) is 4. The summed E-state index contributed by atoms with van der Waals surface area (Å²) in [6.45, 7) is 24.4. The Kier molecular flexibility index (Phi) is 15.2. The predicted molar refractivity (Wildman–Crippen MR) is 238 cm³/mol. The molecule has 0 spiro atoms. The summed E-state index contributed by atoms with van der Waals surface area (Å²) in [5, 5.41) is 10.2. The summed E-state index contributed by atoms with van der Waals surface area (Å²) < 4.78 is 21.5. The van der Waals surface area contributed by atoms with Gasteiger partial charge in [-0.3, -0.25) is 15.4 Å². The van der Waals surface area contributed by atoms with E-state index in [1.165, 1.54) is 11.3 Å². The number of thiophene rings is 1. The van der Waals surface area contributed by atoms with Gasteiger partial charge >= 0.3 is 24.4 Å². The van der Waals surface area contributed by atoms with Gasteiger partial charge in [0.2, 0.25) is 11.9 Å². The van der Waals surface area contributed by atoms with Gasteiger partial charge in [0.25, 0.3) is 5.91 Å². The molecule has 0 unspecified atom stereocenters. The van der Waals surface area contributed by atoms with Crippen LogP contribution in [0.2, 0.25) is 0 Å². The van der Waals surface area contributed by atoms with Crippen LogP contribution in [0.15, 0.2) is 51.8 Å². The van der Waals surface area contributed by atoms with Gasteiger partial charge in [0.15, 0.2) is 0 Å². The Morgan fingerprint density at radius 1 is 0.623 bits per heavy atom. The topological polar surface area (TPSA) is 190 Å². The third kappa shape index (κ3) is 15.7. The Bertz CT molecular complexity index is 2090. The molecule has 2 aromatic rings. The van der Waals surface area contributed by atoms with E-state index < -0.39 is 46.8 Å². The Morgan fingerprint density at radius 3 is 1.44 bits per heavy atom. The van der Waals surface area contributed by atoms with E-state index >= 15 is 0 Å². The van der Waals surface area contributed by atoms with Crippen LogP contribution in [0.3, 0.4) is 0 Å². The number of alkyl carbamates (subject to hydrolysis) is 2. The second kappa shape index (κ2) is 19.3. The van der Waals surface area contributed by atoms with Gasteiger partial charge < -0.3 is 34.1 Å². The Hall–Kier alpha value is -5.71. The van der Waals surface area contributed by atoms with E-state index in [9.17, 15) is 24.0 Å². The number of guanidine groups is 2. The third-order valence-electron chi connectivity index (χ3n) is 8.53. The number of carbonyl (C=O) groups is 5. The molecule has 61 heavy (non-hydrogen) atoms. The Labute approximate surface area is 362 Å². The van der Waals surface area contributed by atoms with Crippen molar-refractivity contribution in [3.05, 3.63) is 63.4 Å². The lowest BCUT2D eigenvalue weighted by atomic mass is 9.98. The molecule has 5 amide bonds. The first-order valence-electron chi connectivity index (χ1n) is 20.2. The van der Waals surface area contributed by atoms with Gasteiger partial charge in [-0.25, -0.2) is 19.2 Å². The van der Waals surface area contributed by atoms with E-state index in [0.29, 0.717) is 49.6 Å². The summed E-state index contributed by atoms with van der Waals surface area (Å²) in [7, 11) is 0. The van der Waals surface area contributed by atoms with Crippen molar-refractivity contribution in [3.63, 3.8) is 0 Å². The van der Waals surface area contributed by atoms with Crippen LogP contribution in [0, 0.1) is 6.92 Å². The van der Waals surface area contributed by atoms with Crippen molar-refractivity contribution in [2.75, 3.05) is 31.5 Å². The second-order valence-electron chi connectivity index (χ2n) is 18.6. The number of benzene rings is 1. The van der Waals surface area contributed by atoms with Gasteiger partial charge in [-0.05, 0) is 148 Å². The van der Waals surface area contributed by atoms with Crippen LogP contribution in [0.1, 0.15) is 122 Å². The second-order valence-corrected chi connectivity index (χ2v) is 19.5. The van der Waals surface area contributed by atoms with Gasteiger partial charge in [-0.1, -0.05) is 24.3 Å². The highest BCUT2D eigenvalue weighted by atomic mass is 32.1. The standard InChI is InChI=1S/C44H61N7O9S/c1-27-32(30-20-24-51(25-21-30)36(48-39(55)59-43(8,9)10)49-40(56)60-44(11,12)13)26-61-33(27)34(52)45-31-16-14-28(15-17-31)29-18-22-50(23-19-29)35(46-37(53)57-41(2,3)4)47-38(54)58-42(5,6)7/h14-18,20,26H,19,21-25H2,1-13H3,(H,45,52)(H,46,47,53,54)(H,48,49,55,56). The SMILES string of the molecule is Cc1c(C2=CCN(C(=NC(=O)OC(C)(C)C)NC(=O)OC(C)(C)C)CC2)csc1C(=O)Nc1ccc(C2=CCN(C(=NC(=O)OC(C)(C)C)NC(=O)OC(C)(C)C)CC2)cc1. The minimum Gasteiger partial charge on any atom is -0.444 e. The number of carbonyl (C=O) groups excluding carboxylic acids is 5. The number of hydrogen-bond acceptors (Lipinski definition) is 10. The maximum Gasteiger partial charge on any atom is 0.437 e. The molecule has 0 fully saturated rings. The Morgan fingerprint density at radius 2 is 1.05 bits per heavy atom. The molecule has 17 heteroatoms. The lowest BCUT2D eigenvalue weighted by Gasteiger charge is -2.30. The van der Waals surface area contributed by atoms with Crippen LogP contribution in [0.4, 0.5) is 24.9 Å².